The molecule has 3 atom stereocenters. The molecule has 15 heavy (non-hydrogen) atoms. The van der Waals surface area contributed by atoms with E-state index in [2.05, 4.69) is 29.9 Å². The third-order valence-corrected chi connectivity index (χ3v) is 2.64. The summed E-state index contributed by atoms with van der Waals surface area (Å²) >= 11 is 1.82. The van der Waals surface area contributed by atoms with Gasteiger partial charge in [0.25, 0.3) is 0 Å². The zero-order valence-electron chi connectivity index (χ0n) is 10.2. The standard InChI is InChI=1S/C11H24N2OS/c1-5-6-9(2)12-11(7-8-15-4)13-10(3)14/h5-6,9-14H,7-8H2,1-4H3/b6-5-/t9-,10+,11?/m0/s1. The van der Waals surface area contributed by atoms with Gasteiger partial charge in [0, 0.05) is 6.04 Å². The Hall–Kier alpha value is -0.0300. The Morgan fingerprint density at radius 3 is 2.47 bits per heavy atom. The molecule has 4 heteroatoms. The Morgan fingerprint density at radius 1 is 1.33 bits per heavy atom. The van der Waals surface area contributed by atoms with E-state index in [4.69, 9.17) is 0 Å². The minimum atomic E-state index is -0.470. The van der Waals surface area contributed by atoms with E-state index in [1.54, 1.807) is 6.92 Å². The van der Waals surface area contributed by atoms with Gasteiger partial charge in [-0.1, -0.05) is 12.2 Å². The molecule has 0 spiro atoms. The van der Waals surface area contributed by atoms with Crippen LogP contribution in [0.5, 0.6) is 0 Å². The van der Waals surface area contributed by atoms with Crippen LogP contribution in [0.1, 0.15) is 27.2 Å². The Kier molecular flexibility index (Phi) is 9.20. The second-order valence-corrected chi connectivity index (χ2v) is 4.64. The summed E-state index contributed by atoms with van der Waals surface area (Å²) in [5, 5.41) is 15.8. The molecule has 0 saturated carbocycles. The lowest BCUT2D eigenvalue weighted by molar-refractivity contribution is 0.130. The van der Waals surface area contributed by atoms with Gasteiger partial charge in [0.1, 0.15) is 6.23 Å². The van der Waals surface area contributed by atoms with E-state index in [0.717, 1.165) is 12.2 Å². The van der Waals surface area contributed by atoms with E-state index in [9.17, 15) is 5.11 Å². The van der Waals surface area contributed by atoms with Crippen molar-refractivity contribution in [2.75, 3.05) is 12.0 Å². The first-order valence-electron chi connectivity index (χ1n) is 5.42. The minimum Gasteiger partial charge on any atom is -0.379 e. The summed E-state index contributed by atoms with van der Waals surface area (Å²) in [5.74, 6) is 1.08. The smallest absolute Gasteiger partial charge is 0.103 e. The van der Waals surface area contributed by atoms with Crippen LogP contribution in [0, 0.1) is 0 Å². The van der Waals surface area contributed by atoms with Crippen LogP contribution in [0.4, 0.5) is 0 Å². The van der Waals surface area contributed by atoms with Crippen LogP contribution in [-0.2, 0) is 0 Å². The summed E-state index contributed by atoms with van der Waals surface area (Å²) in [6, 6.07) is 0.327. The molecule has 0 rings (SSSR count). The fourth-order valence-corrected chi connectivity index (χ4v) is 1.87. The van der Waals surface area contributed by atoms with Crippen LogP contribution in [0.15, 0.2) is 12.2 Å². The third kappa shape index (κ3) is 8.93. The normalized spacial score (nSPS) is 17.9. The van der Waals surface area contributed by atoms with Crippen molar-refractivity contribution < 1.29 is 5.11 Å². The van der Waals surface area contributed by atoms with Crippen molar-refractivity contribution in [3.63, 3.8) is 0 Å². The number of hydrogen-bond donors (Lipinski definition) is 3. The summed E-state index contributed by atoms with van der Waals surface area (Å²) in [4.78, 5) is 0. The summed E-state index contributed by atoms with van der Waals surface area (Å²) in [6.07, 6.45) is 6.94. The van der Waals surface area contributed by atoms with E-state index in [-0.39, 0.29) is 6.17 Å². The zero-order chi connectivity index (χ0) is 11.7. The van der Waals surface area contributed by atoms with Gasteiger partial charge >= 0.3 is 0 Å². The van der Waals surface area contributed by atoms with Gasteiger partial charge in [0.15, 0.2) is 0 Å². The average molecular weight is 232 g/mol. The Balaban J connectivity index is 3.98. The molecular weight excluding hydrogens is 208 g/mol. The molecule has 1 unspecified atom stereocenters. The largest absolute Gasteiger partial charge is 0.379 e. The van der Waals surface area contributed by atoms with Gasteiger partial charge in [-0.15, -0.1) is 0 Å². The molecule has 0 aliphatic heterocycles. The van der Waals surface area contributed by atoms with Crippen molar-refractivity contribution in [2.24, 2.45) is 0 Å². The second-order valence-electron chi connectivity index (χ2n) is 3.66. The summed E-state index contributed by atoms with van der Waals surface area (Å²) in [7, 11) is 0. The van der Waals surface area contributed by atoms with Gasteiger partial charge < -0.3 is 5.11 Å². The lowest BCUT2D eigenvalue weighted by Gasteiger charge is -2.24. The van der Waals surface area contributed by atoms with E-state index in [1.807, 2.05) is 24.8 Å². The van der Waals surface area contributed by atoms with E-state index < -0.39 is 6.23 Å². The number of allylic oxidation sites excluding steroid dienone is 1. The maximum absolute atomic E-state index is 9.29. The van der Waals surface area contributed by atoms with Gasteiger partial charge in [0.2, 0.25) is 0 Å². The van der Waals surface area contributed by atoms with Gasteiger partial charge in [-0.25, -0.2) is 0 Å². The first-order valence-corrected chi connectivity index (χ1v) is 6.81. The number of rotatable bonds is 8. The van der Waals surface area contributed by atoms with Gasteiger partial charge in [-0.05, 0) is 39.2 Å². The van der Waals surface area contributed by atoms with Gasteiger partial charge in [-0.3, -0.25) is 10.6 Å². The van der Waals surface area contributed by atoms with Crippen LogP contribution in [-0.4, -0.2) is 35.6 Å². The number of thioether (sulfide) groups is 1. The van der Waals surface area contributed by atoms with Crippen molar-refractivity contribution in [3.8, 4) is 0 Å². The first kappa shape index (κ1) is 15.0. The van der Waals surface area contributed by atoms with Crippen molar-refractivity contribution in [1.29, 1.82) is 0 Å². The highest BCUT2D eigenvalue weighted by atomic mass is 32.2. The molecular formula is C11H24N2OS. The molecule has 0 heterocycles. The van der Waals surface area contributed by atoms with Crippen LogP contribution < -0.4 is 10.6 Å². The minimum absolute atomic E-state index is 0.170. The first-order chi connectivity index (χ1) is 7.10. The topological polar surface area (TPSA) is 44.3 Å². The highest BCUT2D eigenvalue weighted by Crippen LogP contribution is 2.00. The maximum atomic E-state index is 9.29. The molecule has 0 aromatic carbocycles. The highest BCUT2D eigenvalue weighted by molar-refractivity contribution is 7.98. The SMILES string of the molecule is C/C=C\[C@H](C)NC(CCSC)N[C@@H](C)O. The van der Waals surface area contributed by atoms with Gasteiger partial charge in [-0.2, -0.15) is 11.8 Å². The molecule has 3 nitrogen and oxygen atoms in total. The number of nitrogens with one attached hydrogen (secondary N) is 2. The predicted octanol–water partition coefficient (Wildman–Crippen LogP) is 1.55. The maximum Gasteiger partial charge on any atom is 0.103 e. The van der Waals surface area contributed by atoms with Crippen molar-refractivity contribution in [3.05, 3.63) is 12.2 Å². The fraction of sp³-hybridized carbons (Fsp3) is 0.818. The van der Waals surface area contributed by atoms with Crippen LogP contribution in [0.2, 0.25) is 0 Å². The van der Waals surface area contributed by atoms with Crippen LogP contribution in [0.25, 0.3) is 0 Å². The molecule has 0 fully saturated rings. The molecule has 0 bridgehead atoms. The molecule has 0 aliphatic rings. The van der Waals surface area contributed by atoms with E-state index in [0.29, 0.717) is 6.04 Å². The predicted molar refractivity (Wildman–Crippen MR) is 69.0 cm³/mol. The molecule has 0 amide bonds. The molecule has 0 saturated heterocycles. The van der Waals surface area contributed by atoms with E-state index >= 15 is 0 Å². The average Bonchev–Trinajstić information content (AvgIpc) is 2.13. The van der Waals surface area contributed by atoms with Crippen molar-refractivity contribution in [1.82, 2.24) is 10.6 Å². The number of aliphatic hydroxyl groups is 1. The molecule has 0 aromatic heterocycles. The summed E-state index contributed by atoms with van der Waals surface area (Å²) in [5.41, 5.74) is 0. The zero-order valence-corrected chi connectivity index (χ0v) is 11.0. The highest BCUT2D eigenvalue weighted by Gasteiger charge is 2.11. The molecule has 0 radical (unpaired) electrons. The van der Waals surface area contributed by atoms with Crippen molar-refractivity contribution in [2.45, 2.75) is 45.6 Å². The molecule has 0 aliphatic carbocycles. The van der Waals surface area contributed by atoms with Crippen LogP contribution >= 0.6 is 11.8 Å². The monoisotopic (exact) mass is 232 g/mol. The Morgan fingerprint density at radius 2 is 2.00 bits per heavy atom. The lowest BCUT2D eigenvalue weighted by Crippen LogP contribution is -2.49. The number of hydrogen-bond acceptors (Lipinski definition) is 4. The Bertz CT molecular complexity index is 174. The second kappa shape index (κ2) is 9.21. The number of aliphatic hydroxyl groups excluding tert-OH is 1. The summed E-state index contributed by atoms with van der Waals surface area (Å²) < 4.78 is 0. The third-order valence-electron chi connectivity index (χ3n) is 2.00. The summed E-state index contributed by atoms with van der Waals surface area (Å²) in [6.45, 7) is 5.86. The lowest BCUT2D eigenvalue weighted by atomic mass is 10.2. The molecule has 3 N–H and O–H groups in total. The Labute approximate surface area is 97.7 Å². The molecule has 90 valence electrons. The van der Waals surface area contributed by atoms with Crippen LogP contribution in [0.3, 0.4) is 0 Å². The van der Waals surface area contributed by atoms with E-state index in [1.165, 1.54) is 0 Å². The van der Waals surface area contributed by atoms with Crippen molar-refractivity contribution >= 4 is 11.8 Å². The quantitative estimate of drug-likeness (QED) is 0.439. The fourth-order valence-electron chi connectivity index (χ4n) is 1.40. The van der Waals surface area contributed by atoms with Gasteiger partial charge in [0.05, 0.1) is 6.17 Å². The molecule has 0 aromatic rings.